The first-order chi connectivity index (χ1) is 6.02. The number of furan rings is 1. The standard InChI is InChI=1S/C9H14N2O2/c1-6-4-5-7(13-6)8(9(10)12)11(2)3/h4-5,8H,1-3H3,(H2,10,12). The molecule has 1 amide bonds. The third-order valence-corrected chi connectivity index (χ3v) is 1.82. The van der Waals surface area contributed by atoms with E-state index in [0.29, 0.717) is 5.76 Å². The van der Waals surface area contributed by atoms with Crippen LogP contribution in [0.1, 0.15) is 17.6 Å². The Hall–Kier alpha value is -1.29. The molecule has 2 N–H and O–H groups in total. The van der Waals surface area contributed by atoms with Gasteiger partial charge in [0.25, 0.3) is 0 Å². The number of hydrogen-bond donors (Lipinski definition) is 1. The number of likely N-dealkylation sites (N-methyl/N-ethyl adjacent to an activating group) is 1. The van der Waals surface area contributed by atoms with E-state index >= 15 is 0 Å². The Morgan fingerprint density at radius 3 is 2.46 bits per heavy atom. The van der Waals surface area contributed by atoms with E-state index in [1.54, 1.807) is 25.1 Å². The molecule has 0 radical (unpaired) electrons. The highest BCUT2D eigenvalue weighted by molar-refractivity contribution is 5.80. The summed E-state index contributed by atoms with van der Waals surface area (Å²) >= 11 is 0. The Morgan fingerprint density at radius 2 is 2.15 bits per heavy atom. The Morgan fingerprint density at radius 1 is 1.54 bits per heavy atom. The lowest BCUT2D eigenvalue weighted by Crippen LogP contribution is -2.32. The van der Waals surface area contributed by atoms with Gasteiger partial charge in [0.1, 0.15) is 17.6 Å². The van der Waals surface area contributed by atoms with Gasteiger partial charge in [-0.1, -0.05) is 0 Å². The summed E-state index contributed by atoms with van der Waals surface area (Å²) in [5.41, 5.74) is 5.24. The van der Waals surface area contributed by atoms with Crippen LogP contribution in [0.2, 0.25) is 0 Å². The van der Waals surface area contributed by atoms with Crippen molar-refractivity contribution in [1.29, 1.82) is 0 Å². The van der Waals surface area contributed by atoms with Crippen molar-refractivity contribution in [1.82, 2.24) is 4.90 Å². The van der Waals surface area contributed by atoms with E-state index in [2.05, 4.69) is 0 Å². The predicted molar refractivity (Wildman–Crippen MR) is 49.1 cm³/mol. The summed E-state index contributed by atoms with van der Waals surface area (Å²) in [5, 5.41) is 0. The molecule has 13 heavy (non-hydrogen) atoms. The fourth-order valence-corrected chi connectivity index (χ4v) is 1.25. The smallest absolute Gasteiger partial charge is 0.242 e. The zero-order chi connectivity index (χ0) is 10.0. The minimum atomic E-state index is -0.478. The number of hydrogen-bond acceptors (Lipinski definition) is 3. The van der Waals surface area contributed by atoms with Crippen LogP contribution in [0.4, 0.5) is 0 Å². The van der Waals surface area contributed by atoms with Crippen molar-refractivity contribution in [3.05, 3.63) is 23.7 Å². The van der Waals surface area contributed by atoms with Gasteiger partial charge in [-0.3, -0.25) is 9.69 Å². The number of aryl methyl sites for hydroxylation is 1. The SMILES string of the molecule is Cc1ccc(C(C(N)=O)N(C)C)o1. The molecular formula is C9H14N2O2. The van der Waals surface area contributed by atoms with Crippen LogP contribution in [0.3, 0.4) is 0 Å². The van der Waals surface area contributed by atoms with E-state index in [9.17, 15) is 4.79 Å². The summed E-state index contributed by atoms with van der Waals surface area (Å²) in [6.45, 7) is 1.83. The first kappa shape index (κ1) is 9.80. The first-order valence-electron chi connectivity index (χ1n) is 4.04. The summed E-state index contributed by atoms with van der Waals surface area (Å²) in [6, 6.07) is 3.10. The highest BCUT2D eigenvalue weighted by atomic mass is 16.3. The topological polar surface area (TPSA) is 59.5 Å². The van der Waals surface area contributed by atoms with E-state index < -0.39 is 11.9 Å². The maximum absolute atomic E-state index is 11.1. The fourth-order valence-electron chi connectivity index (χ4n) is 1.25. The van der Waals surface area contributed by atoms with E-state index in [1.165, 1.54) is 0 Å². The van der Waals surface area contributed by atoms with Gasteiger partial charge in [-0.15, -0.1) is 0 Å². The largest absolute Gasteiger partial charge is 0.464 e. The van der Waals surface area contributed by atoms with Crippen molar-refractivity contribution in [2.24, 2.45) is 5.73 Å². The maximum atomic E-state index is 11.1. The van der Waals surface area contributed by atoms with Crippen LogP contribution in [-0.4, -0.2) is 24.9 Å². The van der Waals surface area contributed by atoms with Gasteiger partial charge in [0, 0.05) is 0 Å². The number of carbonyl (C=O) groups excluding carboxylic acids is 1. The highest BCUT2D eigenvalue weighted by Crippen LogP contribution is 2.19. The summed E-state index contributed by atoms with van der Waals surface area (Å²) in [6.07, 6.45) is 0. The van der Waals surface area contributed by atoms with E-state index in [-0.39, 0.29) is 0 Å². The molecule has 0 aromatic carbocycles. The number of carbonyl (C=O) groups is 1. The highest BCUT2D eigenvalue weighted by Gasteiger charge is 2.22. The van der Waals surface area contributed by atoms with Gasteiger partial charge in [-0.25, -0.2) is 0 Å². The second-order valence-corrected chi connectivity index (χ2v) is 3.22. The number of nitrogens with zero attached hydrogens (tertiary/aromatic N) is 1. The lowest BCUT2D eigenvalue weighted by atomic mass is 10.2. The van der Waals surface area contributed by atoms with Crippen LogP contribution >= 0.6 is 0 Å². The van der Waals surface area contributed by atoms with E-state index in [1.807, 2.05) is 13.0 Å². The number of primary amides is 1. The van der Waals surface area contributed by atoms with Gasteiger partial charge in [0.2, 0.25) is 5.91 Å². The average molecular weight is 182 g/mol. The lowest BCUT2D eigenvalue weighted by Gasteiger charge is -2.18. The molecule has 0 saturated heterocycles. The molecule has 0 bridgehead atoms. The lowest BCUT2D eigenvalue weighted by molar-refractivity contribution is -0.123. The molecule has 72 valence electrons. The van der Waals surface area contributed by atoms with Crippen molar-refractivity contribution < 1.29 is 9.21 Å². The predicted octanol–water partition coefficient (Wildman–Crippen LogP) is 0.676. The summed E-state index contributed by atoms with van der Waals surface area (Å²) in [7, 11) is 3.57. The first-order valence-corrected chi connectivity index (χ1v) is 4.04. The molecule has 0 aliphatic heterocycles. The van der Waals surface area contributed by atoms with Gasteiger partial charge >= 0.3 is 0 Å². The molecule has 0 fully saturated rings. The fraction of sp³-hybridized carbons (Fsp3) is 0.444. The molecule has 4 heteroatoms. The van der Waals surface area contributed by atoms with Crippen molar-refractivity contribution >= 4 is 5.91 Å². The Bertz CT molecular complexity index is 304. The number of amides is 1. The van der Waals surface area contributed by atoms with Crippen LogP contribution in [0.25, 0.3) is 0 Å². The van der Waals surface area contributed by atoms with Crippen LogP contribution in [0.15, 0.2) is 16.5 Å². The minimum Gasteiger partial charge on any atom is -0.464 e. The van der Waals surface area contributed by atoms with Crippen molar-refractivity contribution in [3.8, 4) is 0 Å². The Kier molecular flexibility index (Phi) is 2.72. The zero-order valence-corrected chi connectivity index (χ0v) is 8.07. The molecule has 0 aliphatic rings. The van der Waals surface area contributed by atoms with Crippen LogP contribution in [-0.2, 0) is 4.79 Å². The monoisotopic (exact) mass is 182 g/mol. The summed E-state index contributed by atoms with van der Waals surface area (Å²) in [5.74, 6) is 0.970. The third-order valence-electron chi connectivity index (χ3n) is 1.82. The third kappa shape index (κ3) is 2.09. The van der Waals surface area contributed by atoms with Crippen LogP contribution in [0, 0.1) is 6.92 Å². The van der Waals surface area contributed by atoms with E-state index in [0.717, 1.165) is 5.76 Å². The Balaban J connectivity index is 2.95. The molecule has 1 rings (SSSR count). The normalized spacial score (nSPS) is 13.2. The molecule has 1 atom stereocenters. The summed E-state index contributed by atoms with van der Waals surface area (Å²) in [4.78, 5) is 12.8. The molecule has 1 aromatic heterocycles. The quantitative estimate of drug-likeness (QED) is 0.747. The molecule has 1 aromatic rings. The second kappa shape index (κ2) is 3.62. The van der Waals surface area contributed by atoms with Gasteiger partial charge < -0.3 is 10.2 Å². The van der Waals surface area contributed by atoms with Crippen molar-refractivity contribution in [2.75, 3.05) is 14.1 Å². The summed E-state index contributed by atoms with van der Waals surface area (Å²) < 4.78 is 5.33. The Labute approximate surface area is 77.3 Å². The zero-order valence-electron chi connectivity index (χ0n) is 8.07. The van der Waals surface area contributed by atoms with Crippen LogP contribution in [0.5, 0.6) is 0 Å². The molecular weight excluding hydrogens is 168 g/mol. The molecule has 0 saturated carbocycles. The van der Waals surface area contributed by atoms with Crippen molar-refractivity contribution in [2.45, 2.75) is 13.0 Å². The molecule has 1 heterocycles. The van der Waals surface area contributed by atoms with Gasteiger partial charge in [0.05, 0.1) is 0 Å². The second-order valence-electron chi connectivity index (χ2n) is 3.22. The molecule has 0 aliphatic carbocycles. The van der Waals surface area contributed by atoms with Crippen molar-refractivity contribution in [3.63, 3.8) is 0 Å². The molecule has 4 nitrogen and oxygen atoms in total. The van der Waals surface area contributed by atoms with Gasteiger partial charge in [-0.2, -0.15) is 0 Å². The van der Waals surface area contributed by atoms with Gasteiger partial charge in [0.15, 0.2) is 0 Å². The minimum absolute atomic E-state index is 0.403. The molecule has 1 unspecified atom stereocenters. The number of rotatable bonds is 3. The number of nitrogens with two attached hydrogens (primary N) is 1. The average Bonchev–Trinajstić information content (AvgIpc) is 2.34. The molecule has 0 spiro atoms. The van der Waals surface area contributed by atoms with Crippen LogP contribution < -0.4 is 5.73 Å². The van der Waals surface area contributed by atoms with Gasteiger partial charge in [-0.05, 0) is 33.2 Å². The van der Waals surface area contributed by atoms with E-state index in [4.69, 9.17) is 10.2 Å². The maximum Gasteiger partial charge on any atom is 0.242 e.